The third-order valence-electron chi connectivity index (χ3n) is 3.90. The second kappa shape index (κ2) is 6.74. The largest absolute Gasteiger partial charge is 0.487 e. The lowest BCUT2D eigenvalue weighted by molar-refractivity contribution is 0.0244. The number of hydrogen-bond acceptors (Lipinski definition) is 3. The van der Waals surface area contributed by atoms with Gasteiger partial charge in [0.05, 0.1) is 0 Å². The molecule has 0 spiro atoms. The molecule has 0 saturated carbocycles. The van der Waals surface area contributed by atoms with E-state index in [2.05, 4.69) is 23.5 Å². The van der Waals surface area contributed by atoms with Gasteiger partial charge >= 0.3 is 0 Å². The molecule has 21 heavy (non-hydrogen) atoms. The molecule has 0 amide bonds. The van der Waals surface area contributed by atoms with E-state index in [1.54, 1.807) is 0 Å². The number of fused-ring (bicyclic) bond motifs is 1. The molecule has 0 bridgehead atoms. The Labute approximate surface area is 125 Å². The summed E-state index contributed by atoms with van der Waals surface area (Å²) in [4.78, 5) is 0. The number of aliphatic hydroxyl groups excluding tert-OH is 1. The first-order valence-corrected chi connectivity index (χ1v) is 7.50. The Morgan fingerprint density at radius 3 is 2.71 bits per heavy atom. The van der Waals surface area contributed by atoms with Gasteiger partial charge in [0.2, 0.25) is 0 Å². The number of nitrogens with one attached hydrogen (secondary N) is 1. The lowest BCUT2D eigenvalue weighted by Gasteiger charge is -2.29. The van der Waals surface area contributed by atoms with Crippen LogP contribution in [0.15, 0.2) is 54.6 Å². The fourth-order valence-corrected chi connectivity index (χ4v) is 2.71. The fraction of sp³-hybridized carbons (Fsp3) is 0.333. The van der Waals surface area contributed by atoms with E-state index in [4.69, 9.17) is 4.74 Å². The molecular weight excluding hydrogens is 262 g/mol. The molecule has 1 aliphatic rings. The minimum absolute atomic E-state index is 0.122. The minimum atomic E-state index is -0.484. The maximum absolute atomic E-state index is 10.3. The van der Waals surface area contributed by atoms with E-state index in [0.717, 1.165) is 25.1 Å². The highest BCUT2D eigenvalue weighted by Gasteiger charge is 2.25. The summed E-state index contributed by atoms with van der Waals surface area (Å²) in [6, 6.07) is 18.3. The average Bonchev–Trinajstić information content (AvgIpc) is 2.55. The SMILES string of the molecule is O[C@H](CNCc1ccccc1)[C@H]1CCc2ccccc2O1. The van der Waals surface area contributed by atoms with Crippen LogP contribution in [-0.4, -0.2) is 23.9 Å². The first-order valence-electron chi connectivity index (χ1n) is 7.50. The Morgan fingerprint density at radius 2 is 1.86 bits per heavy atom. The highest BCUT2D eigenvalue weighted by atomic mass is 16.5. The summed E-state index contributed by atoms with van der Waals surface area (Å²) in [5.41, 5.74) is 2.46. The van der Waals surface area contributed by atoms with Crippen LogP contribution in [0.5, 0.6) is 5.75 Å². The Kier molecular flexibility index (Phi) is 4.53. The summed E-state index contributed by atoms with van der Waals surface area (Å²) in [7, 11) is 0. The van der Waals surface area contributed by atoms with Gasteiger partial charge in [0.25, 0.3) is 0 Å². The van der Waals surface area contributed by atoms with E-state index in [-0.39, 0.29) is 6.10 Å². The van der Waals surface area contributed by atoms with Crippen LogP contribution in [0.2, 0.25) is 0 Å². The average molecular weight is 283 g/mol. The Morgan fingerprint density at radius 1 is 1.10 bits per heavy atom. The predicted molar refractivity (Wildman–Crippen MR) is 83.3 cm³/mol. The third kappa shape index (κ3) is 3.63. The fourth-order valence-electron chi connectivity index (χ4n) is 2.71. The van der Waals surface area contributed by atoms with Crippen molar-refractivity contribution in [1.29, 1.82) is 0 Å². The van der Waals surface area contributed by atoms with Gasteiger partial charge in [-0.15, -0.1) is 0 Å². The number of rotatable bonds is 5. The van der Waals surface area contributed by atoms with Crippen molar-refractivity contribution in [3.8, 4) is 5.75 Å². The van der Waals surface area contributed by atoms with Gasteiger partial charge in [-0.2, -0.15) is 0 Å². The van der Waals surface area contributed by atoms with Crippen molar-refractivity contribution in [3.05, 3.63) is 65.7 Å². The van der Waals surface area contributed by atoms with Crippen LogP contribution in [0.25, 0.3) is 0 Å². The van der Waals surface area contributed by atoms with Crippen LogP contribution < -0.4 is 10.1 Å². The highest BCUT2D eigenvalue weighted by molar-refractivity contribution is 5.35. The van der Waals surface area contributed by atoms with Crippen molar-refractivity contribution in [2.24, 2.45) is 0 Å². The monoisotopic (exact) mass is 283 g/mol. The van der Waals surface area contributed by atoms with Crippen molar-refractivity contribution in [2.45, 2.75) is 31.6 Å². The second-order valence-electron chi connectivity index (χ2n) is 5.49. The normalized spacial score (nSPS) is 18.6. The lowest BCUT2D eigenvalue weighted by Crippen LogP contribution is -2.41. The molecule has 2 N–H and O–H groups in total. The molecule has 3 heteroatoms. The zero-order valence-corrected chi connectivity index (χ0v) is 12.0. The van der Waals surface area contributed by atoms with Gasteiger partial charge in [-0.05, 0) is 30.0 Å². The van der Waals surface area contributed by atoms with Gasteiger partial charge in [-0.3, -0.25) is 0 Å². The molecule has 0 aromatic heterocycles. The zero-order chi connectivity index (χ0) is 14.5. The number of benzene rings is 2. The number of aryl methyl sites for hydroxylation is 1. The van der Waals surface area contributed by atoms with Gasteiger partial charge in [-0.25, -0.2) is 0 Å². The van der Waals surface area contributed by atoms with E-state index in [1.165, 1.54) is 11.1 Å². The topological polar surface area (TPSA) is 41.5 Å². The van der Waals surface area contributed by atoms with Crippen molar-refractivity contribution < 1.29 is 9.84 Å². The molecule has 3 rings (SSSR count). The molecule has 1 heterocycles. The second-order valence-corrected chi connectivity index (χ2v) is 5.49. The Balaban J connectivity index is 1.49. The number of para-hydroxylation sites is 1. The first-order chi connectivity index (χ1) is 10.3. The molecule has 3 nitrogen and oxygen atoms in total. The molecular formula is C18H21NO2. The van der Waals surface area contributed by atoms with E-state index < -0.39 is 6.10 Å². The summed E-state index contributed by atoms with van der Waals surface area (Å²) < 4.78 is 5.91. The van der Waals surface area contributed by atoms with Gasteiger partial charge in [0.1, 0.15) is 18.0 Å². The molecule has 0 fully saturated rings. The molecule has 0 radical (unpaired) electrons. The molecule has 110 valence electrons. The molecule has 2 atom stereocenters. The van der Waals surface area contributed by atoms with Crippen LogP contribution in [0.4, 0.5) is 0 Å². The van der Waals surface area contributed by atoms with Crippen LogP contribution in [0.3, 0.4) is 0 Å². The number of ether oxygens (including phenoxy) is 1. The Bertz CT molecular complexity index is 570. The zero-order valence-electron chi connectivity index (χ0n) is 12.0. The molecule has 0 aliphatic carbocycles. The molecule has 0 unspecified atom stereocenters. The quantitative estimate of drug-likeness (QED) is 0.886. The standard InChI is InChI=1S/C18H21NO2/c20-16(13-19-12-14-6-2-1-3-7-14)18-11-10-15-8-4-5-9-17(15)21-18/h1-9,16,18-20H,10-13H2/t16-,18-/m1/s1. The summed E-state index contributed by atoms with van der Waals surface area (Å²) in [5, 5.41) is 13.6. The van der Waals surface area contributed by atoms with E-state index in [1.807, 2.05) is 36.4 Å². The highest BCUT2D eigenvalue weighted by Crippen LogP contribution is 2.28. The molecule has 0 saturated heterocycles. The van der Waals surface area contributed by atoms with E-state index >= 15 is 0 Å². The molecule has 2 aromatic carbocycles. The third-order valence-corrected chi connectivity index (χ3v) is 3.90. The predicted octanol–water partition coefficient (Wildman–Crippen LogP) is 2.53. The number of aliphatic hydroxyl groups is 1. The lowest BCUT2D eigenvalue weighted by atomic mass is 9.99. The van der Waals surface area contributed by atoms with Crippen LogP contribution in [0, 0.1) is 0 Å². The molecule has 1 aliphatic heterocycles. The summed E-state index contributed by atoms with van der Waals surface area (Å²) >= 11 is 0. The smallest absolute Gasteiger partial charge is 0.126 e. The summed E-state index contributed by atoms with van der Waals surface area (Å²) in [6.45, 7) is 1.31. The van der Waals surface area contributed by atoms with Gasteiger partial charge in [-0.1, -0.05) is 48.5 Å². The van der Waals surface area contributed by atoms with Crippen molar-refractivity contribution in [1.82, 2.24) is 5.32 Å². The van der Waals surface area contributed by atoms with Crippen LogP contribution in [0.1, 0.15) is 17.5 Å². The van der Waals surface area contributed by atoms with Crippen molar-refractivity contribution in [3.63, 3.8) is 0 Å². The summed E-state index contributed by atoms with van der Waals surface area (Å²) in [5.74, 6) is 0.913. The van der Waals surface area contributed by atoms with E-state index in [9.17, 15) is 5.11 Å². The first kappa shape index (κ1) is 14.1. The molecule has 2 aromatic rings. The summed E-state index contributed by atoms with van der Waals surface area (Å²) in [6.07, 6.45) is 1.23. The van der Waals surface area contributed by atoms with Crippen molar-refractivity contribution >= 4 is 0 Å². The maximum Gasteiger partial charge on any atom is 0.126 e. The maximum atomic E-state index is 10.3. The van der Waals surface area contributed by atoms with Gasteiger partial charge in [0, 0.05) is 13.1 Å². The van der Waals surface area contributed by atoms with Crippen LogP contribution >= 0.6 is 0 Å². The van der Waals surface area contributed by atoms with Gasteiger partial charge in [0.15, 0.2) is 0 Å². The number of hydrogen-bond donors (Lipinski definition) is 2. The van der Waals surface area contributed by atoms with E-state index in [0.29, 0.717) is 6.54 Å². The Hall–Kier alpha value is -1.84. The van der Waals surface area contributed by atoms with Crippen molar-refractivity contribution in [2.75, 3.05) is 6.54 Å². The van der Waals surface area contributed by atoms with Crippen LogP contribution in [-0.2, 0) is 13.0 Å². The minimum Gasteiger partial charge on any atom is -0.487 e. The van der Waals surface area contributed by atoms with Gasteiger partial charge < -0.3 is 15.2 Å².